The molecule has 0 bridgehead atoms. The van der Waals surface area contributed by atoms with Crippen LogP contribution in [0.3, 0.4) is 0 Å². The Hall–Kier alpha value is -3.89. The van der Waals surface area contributed by atoms with Crippen molar-refractivity contribution < 1.29 is 19.1 Å². The third-order valence-electron chi connectivity index (χ3n) is 5.60. The summed E-state index contributed by atoms with van der Waals surface area (Å²) in [5, 5.41) is 2.77. The first-order chi connectivity index (χ1) is 16.5. The number of methoxy groups -OCH3 is 1. The molecule has 0 radical (unpaired) electrons. The van der Waals surface area contributed by atoms with Crippen LogP contribution in [0.15, 0.2) is 30.9 Å². The molecule has 1 aliphatic heterocycles. The second-order valence-electron chi connectivity index (χ2n) is 9.59. The molecule has 186 valence electrons. The minimum absolute atomic E-state index is 0.0472. The lowest BCUT2D eigenvalue weighted by molar-refractivity contribution is 0.0158. The lowest BCUT2D eigenvalue weighted by atomic mass is 10.2. The van der Waals surface area contributed by atoms with Gasteiger partial charge in [0.25, 0.3) is 5.91 Å². The number of pyridine rings is 1. The van der Waals surface area contributed by atoms with Gasteiger partial charge >= 0.3 is 6.09 Å². The Morgan fingerprint density at radius 1 is 1.14 bits per heavy atom. The van der Waals surface area contributed by atoms with Gasteiger partial charge in [0.15, 0.2) is 5.82 Å². The van der Waals surface area contributed by atoms with Crippen LogP contribution in [0.4, 0.5) is 16.4 Å². The number of amides is 2. The molecule has 4 heterocycles. The van der Waals surface area contributed by atoms with E-state index in [-0.39, 0.29) is 18.0 Å². The molecule has 2 amide bonds. The molecule has 0 unspecified atom stereocenters. The predicted octanol–water partition coefficient (Wildman–Crippen LogP) is 3.14. The summed E-state index contributed by atoms with van der Waals surface area (Å²) in [4.78, 5) is 42.4. The van der Waals surface area contributed by atoms with Gasteiger partial charge in [-0.25, -0.2) is 19.7 Å². The van der Waals surface area contributed by atoms with Crippen molar-refractivity contribution in [2.24, 2.45) is 0 Å². The first-order valence-corrected chi connectivity index (χ1v) is 11.5. The first kappa shape index (κ1) is 24.2. The maximum atomic E-state index is 12.9. The smallest absolute Gasteiger partial charge is 0.410 e. The molecule has 1 saturated heterocycles. The molecule has 1 N–H and O–H groups in total. The Labute approximate surface area is 204 Å². The summed E-state index contributed by atoms with van der Waals surface area (Å²) in [5.74, 6) is 1.05. The number of nitrogens with one attached hydrogen (secondary N) is 1. The van der Waals surface area contributed by atoms with Gasteiger partial charge in [0.05, 0.1) is 30.8 Å². The van der Waals surface area contributed by atoms with Crippen molar-refractivity contribution >= 4 is 29.3 Å². The average molecular weight is 482 g/mol. The van der Waals surface area contributed by atoms with Crippen molar-refractivity contribution in [3.63, 3.8) is 0 Å². The number of carbonyl (C=O) groups excluding carboxylic acids is 2. The fraction of sp³-hybridized carbons (Fsp3) is 0.458. The van der Waals surface area contributed by atoms with Crippen LogP contribution in [-0.2, 0) is 4.74 Å². The fourth-order valence-corrected chi connectivity index (χ4v) is 3.97. The van der Waals surface area contributed by atoms with Crippen molar-refractivity contribution in [2.45, 2.75) is 46.3 Å². The highest BCUT2D eigenvalue weighted by molar-refractivity contribution is 6.05. The van der Waals surface area contributed by atoms with Crippen LogP contribution < -0.4 is 15.0 Å². The van der Waals surface area contributed by atoms with Crippen molar-refractivity contribution in [3.8, 4) is 5.75 Å². The normalized spacial score (nSPS) is 16.3. The summed E-state index contributed by atoms with van der Waals surface area (Å²) in [7, 11) is 1.51. The van der Waals surface area contributed by atoms with E-state index in [0.29, 0.717) is 48.2 Å². The van der Waals surface area contributed by atoms with Crippen LogP contribution in [0.5, 0.6) is 5.75 Å². The van der Waals surface area contributed by atoms with E-state index in [1.165, 1.54) is 13.3 Å². The second-order valence-corrected chi connectivity index (χ2v) is 9.59. The first-order valence-electron chi connectivity index (χ1n) is 11.5. The zero-order valence-electron chi connectivity index (χ0n) is 20.9. The zero-order valence-corrected chi connectivity index (χ0v) is 20.9. The molecule has 35 heavy (non-hydrogen) atoms. The number of hydrogen-bond donors (Lipinski definition) is 1. The van der Waals surface area contributed by atoms with Gasteiger partial charge in [0.2, 0.25) is 0 Å². The molecule has 11 nitrogen and oxygen atoms in total. The van der Waals surface area contributed by atoms with Crippen molar-refractivity contribution in [1.29, 1.82) is 0 Å². The van der Waals surface area contributed by atoms with Gasteiger partial charge in [-0.3, -0.25) is 4.79 Å². The summed E-state index contributed by atoms with van der Waals surface area (Å²) in [6, 6.07) is 1.67. The number of rotatable bonds is 4. The SMILES string of the molecule is COc1cc2nc(C)cn2cc1C(=O)Nc1cnc(N2CCN(C(=O)OC(C)(C)C)[C@@H](C)C2)cn1. The van der Waals surface area contributed by atoms with E-state index in [0.717, 1.165) is 5.69 Å². The summed E-state index contributed by atoms with van der Waals surface area (Å²) in [6.07, 6.45) is 6.34. The lowest BCUT2D eigenvalue weighted by Crippen LogP contribution is -2.55. The van der Waals surface area contributed by atoms with Crippen LogP contribution in [0.1, 0.15) is 43.7 Å². The van der Waals surface area contributed by atoms with Gasteiger partial charge in [-0.05, 0) is 34.6 Å². The number of nitrogens with zero attached hydrogens (tertiary/aromatic N) is 6. The molecular weight excluding hydrogens is 450 g/mol. The molecule has 1 aliphatic rings. The lowest BCUT2D eigenvalue weighted by Gasteiger charge is -2.40. The van der Waals surface area contributed by atoms with Gasteiger partial charge in [-0.15, -0.1) is 0 Å². The standard InChI is InChI=1S/C24H31N7O4/c1-15-12-30-14-17(18(34-6)9-20(30)27-15)22(32)28-19-10-26-21(11-25-19)29-7-8-31(16(2)13-29)23(33)35-24(3,4)5/h9-12,14,16H,7-8,13H2,1-6H3,(H,25,28,32)/t16-/m0/s1. The van der Waals surface area contributed by atoms with Crippen LogP contribution >= 0.6 is 0 Å². The van der Waals surface area contributed by atoms with E-state index in [2.05, 4.69) is 25.2 Å². The van der Waals surface area contributed by atoms with Crippen LogP contribution in [0, 0.1) is 6.92 Å². The molecule has 4 rings (SSSR count). The van der Waals surface area contributed by atoms with Gasteiger partial charge in [-0.2, -0.15) is 0 Å². The Balaban J connectivity index is 1.41. The van der Waals surface area contributed by atoms with Crippen LogP contribution in [0.2, 0.25) is 0 Å². The molecule has 3 aromatic rings. The fourth-order valence-electron chi connectivity index (χ4n) is 3.97. The Morgan fingerprint density at radius 3 is 2.54 bits per heavy atom. The van der Waals surface area contributed by atoms with E-state index in [1.54, 1.807) is 27.8 Å². The zero-order chi connectivity index (χ0) is 25.3. The molecule has 11 heteroatoms. The number of ether oxygens (including phenoxy) is 2. The minimum atomic E-state index is -0.535. The molecule has 1 atom stereocenters. The summed E-state index contributed by atoms with van der Waals surface area (Å²) < 4.78 is 12.7. The molecular formula is C24H31N7O4. The summed E-state index contributed by atoms with van der Waals surface area (Å²) in [5.41, 5.74) is 1.36. The Kier molecular flexibility index (Phi) is 6.51. The van der Waals surface area contributed by atoms with E-state index in [9.17, 15) is 9.59 Å². The highest BCUT2D eigenvalue weighted by atomic mass is 16.6. The number of aryl methyl sites for hydroxylation is 1. The van der Waals surface area contributed by atoms with E-state index < -0.39 is 5.60 Å². The second kappa shape index (κ2) is 9.40. The number of imidazole rings is 1. The third-order valence-corrected chi connectivity index (χ3v) is 5.60. The largest absolute Gasteiger partial charge is 0.496 e. The minimum Gasteiger partial charge on any atom is -0.496 e. The number of aromatic nitrogens is 4. The summed E-state index contributed by atoms with van der Waals surface area (Å²) in [6.45, 7) is 11.1. The molecule has 0 saturated carbocycles. The van der Waals surface area contributed by atoms with Gasteiger partial charge in [0.1, 0.15) is 22.8 Å². The summed E-state index contributed by atoms with van der Waals surface area (Å²) >= 11 is 0. The topological polar surface area (TPSA) is 114 Å². The monoisotopic (exact) mass is 481 g/mol. The number of piperazine rings is 1. The molecule has 0 aliphatic carbocycles. The highest BCUT2D eigenvalue weighted by Crippen LogP contribution is 2.23. The number of carbonyl (C=O) groups is 2. The van der Waals surface area contributed by atoms with Gasteiger partial charge < -0.3 is 29.0 Å². The van der Waals surface area contributed by atoms with E-state index in [4.69, 9.17) is 9.47 Å². The third kappa shape index (κ3) is 5.44. The molecule has 1 fully saturated rings. The molecule has 0 aromatic carbocycles. The van der Waals surface area contributed by atoms with Crippen LogP contribution in [0.25, 0.3) is 5.65 Å². The van der Waals surface area contributed by atoms with E-state index in [1.807, 2.05) is 40.8 Å². The van der Waals surface area contributed by atoms with Gasteiger partial charge in [-0.1, -0.05) is 0 Å². The number of hydrogen-bond acceptors (Lipinski definition) is 8. The quantitative estimate of drug-likeness (QED) is 0.605. The number of anilines is 2. The maximum absolute atomic E-state index is 12.9. The Morgan fingerprint density at radius 2 is 1.91 bits per heavy atom. The number of fused-ring (bicyclic) bond motifs is 1. The van der Waals surface area contributed by atoms with Crippen molar-refractivity contribution in [3.05, 3.63) is 42.1 Å². The van der Waals surface area contributed by atoms with Crippen molar-refractivity contribution in [2.75, 3.05) is 37.0 Å². The van der Waals surface area contributed by atoms with Gasteiger partial charge in [0, 0.05) is 44.1 Å². The molecule has 3 aromatic heterocycles. The average Bonchev–Trinajstić information content (AvgIpc) is 3.16. The Bertz CT molecular complexity index is 1230. The van der Waals surface area contributed by atoms with Crippen molar-refractivity contribution in [1.82, 2.24) is 24.3 Å². The molecule has 0 spiro atoms. The maximum Gasteiger partial charge on any atom is 0.410 e. The van der Waals surface area contributed by atoms with E-state index >= 15 is 0 Å². The predicted molar refractivity (Wildman–Crippen MR) is 131 cm³/mol. The van der Waals surface area contributed by atoms with Crippen LogP contribution in [-0.4, -0.2) is 74.6 Å². The highest BCUT2D eigenvalue weighted by Gasteiger charge is 2.31.